The topological polar surface area (TPSA) is 70.4 Å². The van der Waals surface area contributed by atoms with Crippen LogP contribution in [0.4, 0.5) is 0 Å². The van der Waals surface area contributed by atoms with Crippen LogP contribution in [-0.2, 0) is 13.6 Å². The van der Waals surface area contributed by atoms with Gasteiger partial charge in [0.25, 0.3) is 0 Å². The number of hydrogen-bond acceptors (Lipinski definition) is 4. The molecular formula is C18H27N7. The van der Waals surface area contributed by atoms with Gasteiger partial charge in [-0.05, 0) is 31.5 Å². The van der Waals surface area contributed by atoms with Crippen molar-refractivity contribution in [2.45, 2.75) is 25.4 Å². The van der Waals surface area contributed by atoms with Crippen LogP contribution in [0, 0.1) is 0 Å². The van der Waals surface area contributed by atoms with Crippen molar-refractivity contribution in [3.05, 3.63) is 48.0 Å². The van der Waals surface area contributed by atoms with E-state index in [0.29, 0.717) is 12.6 Å². The lowest BCUT2D eigenvalue weighted by Gasteiger charge is -2.28. The van der Waals surface area contributed by atoms with Crippen molar-refractivity contribution < 1.29 is 0 Å². The predicted octanol–water partition coefficient (Wildman–Crippen LogP) is 1.32. The van der Waals surface area contributed by atoms with E-state index in [1.807, 2.05) is 11.6 Å². The Balaban J connectivity index is 1.60. The molecule has 1 atom stereocenters. The zero-order chi connectivity index (χ0) is 17.5. The first-order chi connectivity index (χ1) is 12.3. The lowest BCUT2D eigenvalue weighted by Crippen LogP contribution is -2.42. The minimum atomic E-state index is 0.358. The molecule has 0 amide bonds. The molecule has 0 radical (unpaired) electrons. The SMILES string of the molecule is CN=C(NCc1nncn1C)NCC(c1ccccc1)N1CCCC1. The van der Waals surface area contributed by atoms with Crippen molar-refractivity contribution in [3.63, 3.8) is 0 Å². The number of guanidine groups is 1. The van der Waals surface area contributed by atoms with Crippen LogP contribution in [0.15, 0.2) is 41.7 Å². The van der Waals surface area contributed by atoms with Gasteiger partial charge in [0.2, 0.25) is 0 Å². The smallest absolute Gasteiger partial charge is 0.191 e. The Morgan fingerprint density at radius 2 is 1.96 bits per heavy atom. The van der Waals surface area contributed by atoms with E-state index in [4.69, 9.17) is 0 Å². The van der Waals surface area contributed by atoms with E-state index in [2.05, 4.69) is 61.1 Å². The molecule has 0 bridgehead atoms. The second-order valence-electron chi connectivity index (χ2n) is 6.33. The van der Waals surface area contributed by atoms with E-state index in [0.717, 1.165) is 31.4 Å². The standard InChI is InChI=1S/C18H27N7/c1-19-18(21-13-17-23-22-14-24(17)2)20-12-16(25-10-6-7-11-25)15-8-4-3-5-9-15/h3-5,8-9,14,16H,6-7,10-13H2,1-2H3,(H2,19,20,21). The zero-order valence-electron chi connectivity index (χ0n) is 15.0. The molecule has 1 saturated heterocycles. The van der Waals surface area contributed by atoms with E-state index < -0.39 is 0 Å². The van der Waals surface area contributed by atoms with Gasteiger partial charge in [-0.25, -0.2) is 0 Å². The Morgan fingerprint density at radius 1 is 1.20 bits per heavy atom. The molecule has 1 aromatic carbocycles. The third kappa shape index (κ3) is 4.57. The molecule has 1 fully saturated rings. The molecule has 7 heteroatoms. The van der Waals surface area contributed by atoms with E-state index in [-0.39, 0.29) is 0 Å². The summed E-state index contributed by atoms with van der Waals surface area (Å²) in [5.41, 5.74) is 1.35. The summed E-state index contributed by atoms with van der Waals surface area (Å²) in [5, 5.41) is 14.8. The molecule has 7 nitrogen and oxygen atoms in total. The van der Waals surface area contributed by atoms with Crippen molar-refractivity contribution >= 4 is 5.96 Å². The quantitative estimate of drug-likeness (QED) is 0.612. The van der Waals surface area contributed by atoms with Gasteiger partial charge in [0.1, 0.15) is 6.33 Å². The normalized spacial score (nSPS) is 16.8. The van der Waals surface area contributed by atoms with Crippen LogP contribution >= 0.6 is 0 Å². The highest BCUT2D eigenvalue weighted by Gasteiger charge is 2.23. The van der Waals surface area contributed by atoms with Gasteiger partial charge in [-0.3, -0.25) is 9.89 Å². The monoisotopic (exact) mass is 341 g/mol. The second kappa shape index (κ2) is 8.62. The van der Waals surface area contributed by atoms with Gasteiger partial charge in [0.15, 0.2) is 11.8 Å². The number of nitrogens with one attached hydrogen (secondary N) is 2. The predicted molar refractivity (Wildman–Crippen MR) is 99.2 cm³/mol. The number of nitrogens with zero attached hydrogens (tertiary/aromatic N) is 5. The highest BCUT2D eigenvalue weighted by Crippen LogP contribution is 2.24. The first-order valence-corrected chi connectivity index (χ1v) is 8.84. The number of benzene rings is 1. The van der Waals surface area contributed by atoms with Crippen LogP contribution in [0.1, 0.15) is 30.3 Å². The molecule has 3 rings (SSSR count). The molecule has 1 aliphatic rings. The largest absolute Gasteiger partial charge is 0.354 e. The Bertz CT molecular complexity index is 674. The lowest BCUT2D eigenvalue weighted by molar-refractivity contribution is 0.245. The van der Waals surface area contributed by atoms with Crippen molar-refractivity contribution in [2.24, 2.45) is 12.0 Å². The molecule has 1 aliphatic heterocycles. The number of hydrogen-bond donors (Lipinski definition) is 2. The molecule has 2 N–H and O–H groups in total. The highest BCUT2D eigenvalue weighted by atomic mass is 15.3. The van der Waals surface area contributed by atoms with Gasteiger partial charge >= 0.3 is 0 Å². The molecule has 1 aromatic heterocycles. The Labute approximate surface area is 149 Å². The van der Waals surface area contributed by atoms with Crippen LogP contribution in [0.25, 0.3) is 0 Å². The Kier molecular flexibility index (Phi) is 6.00. The number of aryl methyl sites for hydroxylation is 1. The number of aliphatic imine (C=N–C) groups is 1. The van der Waals surface area contributed by atoms with Gasteiger partial charge in [-0.1, -0.05) is 30.3 Å². The van der Waals surface area contributed by atoms with Crippen molar-refractivity contribution in [2.75, 3.05) is 26.7 Å². The molecule has 1 unspecified atom stereocenters. The first-order valence-electron chi connectivity index (χ1n) is 8.84. The lowest BCUT2D eigenvalue weighted by atomic mass is 10.1. The summed E-state index contributed by atoms with van der Waals surface area (Å²) in [6, 6.07) is 11.1. The fraction of sp³-hybridized carbons (Fsp3) is 0.500. The van der Waals surface area contributed by atoms with E-state index in [1.54, 1.807) is 13.4 Å². The van der Waals surface area contributed by atoms with Gasteiger partial charge < -0.3 is 15.2 Å². The summed E-state index contributed by atoms with van der Waals surface area (Å²) in [6.45, 7) is 3.73. The summed E-state index contributed by atoms with van der Waals surface area (Å²) in [5.74, 6) is 1.66. The maximum atomic E-state index is 4.33. The summed E-state index contributed by atoms with van der Waals surface area (Å²) < 4.78 is 1.90. The molecule has 25 heavy (non-hydrogen) atoms. The van der Waals surface area contributed by atoms with Crippen LogP contribution in [-0.4, -0.2) is 52.3 Å². The first kappa shape index (κ1) is 17.4. The zero-order valence-corrected chi connectivity index (χ0v) is 15.0. The molecule has 0 spiro atoms. The maximum absolute atomic E-state index is 4.33. The van der Waals surface area contributed by atoms with E-state index in [9.17, 15) is 0 Å². The van der Waals surface area contributed by atoms with Gasteiger partial charge in [0, 0.05) is 20.6 Å². The van der Waals surface area contributed by atoms with E-state index in [1.165, 1.54) is 18.4 Å². The summed E-state index contributed by atoms with van der Waals surface area (Å²) in [4.78, 5) is 6.88. The molecule has 2 aromatic rings. The summed E-state index contributed by atoms with van der Waals surface area (Å²) in [6.07, 6.45) is 4.26. The maximum Gasteiger partial charge on any atom is 0.191 e. The summed E-state index contributed by atoms with van der Waals surface area (Å²) >= 11 is 0. The number of aromatic nitrogens is 3. The van der Waals surface area contributed by atoms with Crippen LogP contribution in [0.3, 0.4) is 0 Å². The average Bonchev–Trinajstić information content (AvgIpc) is 3.31. The third-order valence-electron chi connectivity index (χ3n) is 4.67. The van der Waals surface area contributed by atoms with E-state index >= 15 is 0 Å². The minimum absolute atomic E-state index is 0.358. The Hall–Kier alpha value is -2.41. The third-order valence-corrected chi connectivity index (χ3v) is 4.67. The van der Waals surface area contributed by atoms with Gasteiger partial charge in [0.05, 0.1) is 12.6 Å². The number of likely N-dealkylation sites (tertiary alicyclic amines) is 1. The van der Waals surface area contributed by atoms with Crippen molar-refractivity contribution in [1.82, 2.24) is 30.3 Å². The van der Waals surface area contributed by atoms with Crippen LogP contribution in [0.2, 0.25) is 0 Å². The van der Waals surface area contributed by atoms with Crippen molar-refractivity contribution in [1.29, 1.82) is 0 Å². The fourth-order valence-electron chi connectivity index (χ4n) is 3.23. The highest BCUT2D eigenvalue weighted by molar-refractivity contribution is 5.79. The Morgan fingerprint density at radius 3 is 2.60 bits per heavy atom. The molecule has 0 aliphatic carbocycles. The van der Waals surface area contributed by atoms with Crippen molar-refractivity contribution in [3.8, 4) is 0 Å². The molecule has 2 heterocycles. The molecule has 0 saturated carbocycles. The van der Waals surface area contributed by atoms with Crippen LogP contribution in [0.5, 0.6) is 0 Å². The second-order valence-corrected chi connectivity index (χ2v) is 6.33. The minimum Gasteiger partial charge on any atom is -0.354 e. The number of rotatable bonds is 6. The fourth-order valence-corrected chi connectivity index (χ4v) is 3.23. The van der Waals surface area contributed by atoms with Crippen LogP contribution < -0.4 is 10.6 Å². The summed E-state index contributed by atoms with van der Waals surface area (Å²) in [7, 11) is 3.73. The van der Waals surface area contributed by atoms with Gasteiger partial charge in [-0.15, -0.1) is 10.2 Å². The molecular weight excluding hydrogens is 314 g/mol. The average molecular weight is 341 g/mol. The molecule has 134 valence electrons. The van der Waals surface area contributed by atoms with Gasteiger partial charge in [-0.2, -0.15) is 0 Å².